The molecule has 0 aliphatic carbocycles. The first-order valence-electron chi connectivity index (χ1n) is 5.28. The Hall–Kier alpha value is -1.95. The van der Waals surface area contributed by atoms with Crippen molar-refractivity contribution in [2.24, 2.45) is 0 Å². The van der Waals surface area contributed by atoms with Crippen molar-refractivity contribution in [2.75, 3.05) is 17.2 Å². The molecule has 6 heteroatoms. The van der Waals surface area contributed by atoms with Gasteiger partial charge < -0.3 is 20.3 Å². The summed E-state index contributed by atoms with van der Waals surface area (Å²) in [6, 6.07) is 4.90. The van der Waals surface area contributed by atoms with Crippen LogP contribution < -0.4 is 15.4 Å². The average Bonchev–Trinajstić information content (AvgIpc) is 2.27. The second-order valence-electron chi connectivity index (χ2n) is 3.91. The summed E-state index contributed by atoms with van der Waals surface area (Å²) in [6.45, 7) is 1.82. The highest BCUT2D eigenvalue weighted by Crippen LogP contribution is 2.33. The summed E-state index contributed by atoms with van der Waals surface area (Å²) in [5.41, 5.74) is 1.19. The topological polar surface area (TPSA) is 90.8 Å². The molecule has 4 N–H and O–H groups in total. The molecule has 0 bridgehead atoms. The van der Waals surface area contributed by atoms with Crippen molar-refractivity contribution >= 4 is 17.5 Å². The molecule has 0 saturated heterocycles. The molecule has 0 spiro atoms. The fraction of sp³-hybridized carbons (Fsp3) is 0.364. The van der Waals surface area contributed by atoms with Crippen molar-refractivity contribution < 1.29 is 19.7 Å². The highest BCUT2D eigenvalue weighted by atomic mass is 16.5. The van der Waals surface area contributed by atoms with Gasteiger partial charge in [0, 0.05) is 5.69 Å². The monoisotopic (exact) mass is 238 g/mol. The second kappa shape index (κ2) is 4.50. The number of benzene rings is 1. The number of aliphatic hydroxyl groups is 1. The van der Waals surface area contributed by atoms with Crippen molar-refractivity contribution in [3.8, 4) is 5.75 Å². The lowest BCUT2D eigenvalue weighted by Gasteiger charge is -2.32. The Labute approximate surface area is 98.2 Å². The summed E-state index contributed by atoms with van der Waals surface area (Å²) in [7, 11) is 0. The molecule has 2 rings (SSSR count). The minimum absolute atomic E-state index is 0.0346. The first kappa shape index (κ1) is 11.5. The second-order valence-corrected chi connectivity index (χ2v) is 3.91. The Balaban J connectivity index is 2.23. The number of fused-ring (bicyclic) bond motifs is 1. The smallest absolute Gasteiger partial charge is 0.409 e. The molecule has 1 aromatic rings. The maximum absolute atomic E-state index is 10.5. The van der Waals surface area contributed by atoms with Crippen LogP contribution in [0.4, 0.5) is 16.2 Å². The molecular weight excluding hydrogens is 224 g/mol. The lowest BCUT2D eigenvalue weighted by molar-refractivity contribution is 0.0978. The van der Waals surface area contributed by atoms with Gasteiger partial charge in [-0.3, -0.25) is 5.32 Å². The minimum Gasteiger partial charge on any atom is -0.484 e. The fourth-order valence-electron chi connectivity index (χ4n) is 1.75. The van der Waals surface area contributed by atoms with E-state index in [1.165, 1.54) is 0 Å². The van der Waals surface area contributed by atoms with E-state index >= 15 is 0 Å². The first-order valence-corrected chi connectivity index (χ1v) is 5.28. The maximum atomic E-state index is 10.5. The van der Waals surface area contributed by atoms with E-state index in [1.807, 2.05) is 6.92 Å². The Morgan fingerprint density at radius 2 is 2.35 bits per heavy atom. The van der Waals surface area contributed by atoms with Gasteiger partial charge in [0.2, 0.25) is 0 Å². The molecule has 0 radical (unpaired) electrons. The molecule has 1 heterocycles. The van der Waals surface area contributed by atoms with Crippen molar-refractivity contribution in [1.29, 1.82) is 0 Å². The van der Waals surface area contributed by atoms with Crippen molar-refractivity contribution in [3.63, 3.8) is 0 Å². The van der Waals surface area contributed by atoms with Crippen molar-refractivity contribution in [2.45, 2.75) is 19.1 Å². The van der Waals surface area contributed by atoms with Crippen LogP contribution in [0.5, 0.6) is 5.75 Å². The van der Waals surface area contributed by atoms with Gasteiger partial charge in [-0.05, 0) is 25.1 Å². The lowest BCUT2D eigenvalue weighted by Crippen LogP contribution is -2.41. The molecule has 0 saturated carbocycles. The fourth-order valence-corrected chi connectivity index (χ4v) is 1.75. The molecule has 1 amide bonds. The minimum atomic E-state index is -1.11. The standard InChI is InChI=1S/C11H14N2O4/c1-6-10(5-14)17-9-3-2-7(13-11(15)16)4-8(9)12-6/h2-4,6,10,12-14H,5H2,1H3,(H,15,16)/t6-,10+/m1/s1. The Morgan fingerprint density at radius 1 is 1.59 bits per heavy atom. The number of anilines is 2. The average molecular weight is 238 g/mol. The van der Waals surface area contributed by atoms with Gasteiger partial charge in [0.25, 0.3) is 0 Å². The first-order chi connectivity index (χ1) is 8.10. The van der Waals surface area contributed by atoms with E-state index in [4.69, 9.17) is 14.9 Å². The van der Waals surface area contributed by atoms with Gasteiger partial charge >= 0.3 is 6.09 Å². The SMILES string of the molecule is C[C@H]1Nc2cc(NC(=O)O)ccc2O[C@H]1CO. The third-order valence-corrected chi connectivity index (χ3v) is 2.63. The number of hydrogen-bond acceptors (Lipinski definition) is 4. The van der Waals surface area contributed by atoms with Crippen LogP contribution in [0.15, 0.2) is 18.2 Å². The predicted octanol–water partition coefficient (Wildman–Crippen LogP) is 1.33. The number of amides is 1. The van der Waals surface area contributed by atoms with Gasteiger partial charge in [-0.1, -0.05) is 0 Å². The highest BCUT2D eigenvalue weighted by molar-refractivity contribution is 5.84. The van der Waals surface area contributed by atoms with E-state index in [9.17, 15) is 4.79 Å². The zero-order valence-electron chi connectivity index (χ0n) is 9.30. The highest BCUT2D eigenvalue weighted by Gasteiger charge is 2.25. The van der Waals surface area contributed by atoms with Crippen LogP contribution in [-0.2, 0) is 0 Å². The van der Waals surface area contributed by atoms with Crippen molar-refractivity contribution in [1.82, 2.24) is 0 Å². The maximum Gasteiger partial charge on any atom is 0.409 e. The third-order valence-electron chi connectivity index (χ3n) is 2.63. The zero-order chi connectivity index (χ0) is 12.4. The predicted molar refractivity (Wildman–Crippen MR) is 62.7 cm³/mol. The molecule has 0 fully saturated rings. The molecule has 1 aliphatic heterocycles. The number of ether oxygens (including phenoxy) is 1. The van der Waals surface area contributed by atoms with E-state index in [1.54, 1.807) is 18.2 Å². The van der Waals surface area contributed by atoms with Crippen LogP contribution in [-0.4, -0.2) is 35.1 Å². The molecule has 0 aromatic heterocycles. The number of carbonyl (C=O) groups is 1. The van der Waals surface area contributed by atoms with E-state index < -0.39 is 6.09 Å². The van der Waals surface area contributed by atoms with Gasteiger partial charge in [0.05, 0.1) is 18.3 Å². The van der Waals surface area contributed by atoms with Crippen LogP contribution in [0, 0.1) is 0 Å². The van der Waals surface area contributed by atoms with E-state index in [0.717, 1.165) is 0 Å². The van der Waals surface area contributed by atoms with Crippen LogP contribution in [0.2, 0.25) is 0 Å². The Kier molecular flexibility index (Phi) is 3.06. The number of carboxylic acid groups (broad SMARTS) is 1. The summed E-state index contributed by atoms with van der Waals surface area (Å²) in [4.78, 5) is 10.5. The Morgan fingerprint density at radius 3 is 3.00 bits per heavy atom. The summed E-state index contributed by atoms with van der Waals surface area (Å²) >= 11 is 0. The summed E-state index contributed by atoms with van der Waals surface area (Å²) in [6.07, 6.45) is -1.40. The molecule has 1 aromatic carbocycles. The van der Waals surface area contributed by atoms with E-state index in [0.29, 0.717) is 17.1 Å². The van der Waals surface area contributed by atoms with Crippen molar-refractivity contribution in [3.05, 3.63) is 18.2 Å². The summed E-state index contributed by atoms with van der Waals surface area (Å²) < 4.78 is 5.57. The molecule has 1 aliphatic rings. The van der Waals surface area contributed by atoms with Crippen LogP contribution in [0.1, 0.15) is 6.92 Å². The van der Waals surface area contributed by atoms with Gasteiger partial charge in [0.1, 0.15) is 11.9 Å². The molecule has 0 unspecified atom stereocenters. The molecule has 17 heavy (non-hydrogen) atoms. The molecule has 2 atom stereocenters. The zero-order valence-corrected chi connectivity index (χ0v) is 9.30. The Bertz CT molecular complexity index is 435. The quantitative estimate of drug-likeness (QED) is 0.624. The van der Waals surface area contributed by atoms with Crippen LogP contribution >= 0.6 is 0 Å². The molecule has 92 valence electrons. The molecule has 6 nitrogen and oxygen atoms in total. The van der Waals surface area contributed by atoms with E-state index in [2.05, 4.69) is 10.6 Å². The lowest BCUT2D eigenvalue weighted by atomic mass is 10.1. The van der Waals surface area contributed by atoms with E-state index in [-0.39, 0.29) is 18.8 Å². The van der Waals surface area contributed by atoms with Crippen LogP contribution in [0.3, 0.4) is 0 Å². The number of rotatable bonds is 2. The summed E-state index contributed by atoms with van der Waals surface area (Å²) in [5.74, 6) is 0.609. The van der Waals surface area contributed by atoms with Gasteiger partial charge in [-0.25, -0.2) is 4.79 Å². The van der Waals surface area contributed by atoms with Gasteiger partial charge in [0.15, 0.2) is 0 Å². The number of aliphatic hydroxyl groups excluding tert-OH is 1. The van der Waals surface area contributed by atoms with Gasteiger partial charge in [-0.15, -0.1) is 0 Å². The normalized spacial score (nSPS) is 22.0. The third kappa shape index (κ3) is 2.42. The molecular formula is C11H14N2O4. The largest absolute Gasteiger partial charge is 0.484 e. The van der Waals surface area contributed by atoms with Gasteiger partial charge in [-0.2, -0.15) is 0 Å². The number of hydrogen-bond donors (Lipinski definition) is 4. The van der Waals surface area contributed by atoms with Crippen LogP contribution in [0.25, 0.3) is 0 Å². The number of nitrogens with one attached hydrogen (secondary N) is 2. The summed E-state index contributed by atoms with van der Waals surface area (Å²) in [5, 5.41) is 23.1.